The van der Waals surface area contributed by atoms with E-state index >= 15 is 0 Å². The topological polar surface area (TPSA) is 104 Å². The lowest BCUT2D eigenvalue weighted by molar-refractivity contribution is 0.0696. The van der Waals surface area contributed by atoms with Gasteiger partial charge in [0.05, 0.1) is 16.7 Å². The Labute approximate surface area is 98.1 Å². The Bertz CT molecular complexity index is 589. The smallest absolute Gasteiger partial charge is 0.335 e. The Morgan fingerprint density at radius 1 is 1.41 bits per heavy atom. The number of rotatable bonds is 3. The standard InChI is InChI=1S/C10H11NO5S/c1-6-7(10(12)13)3-4-9(17(2,15)16)8(6)5-11-14/h3-5,14H,1-2H3,(H,12,13). The summed E-state index contributed by atoms with van der Waals surface area (Å²) in [5.41, 5.74) is 0.278. The minimum atomic E-state index is -3.52. The third-order valence-corrected chi connectivity index (χ3v) is 3.45. The molecule has 0 aliphatic heterocycles. The van der Waals surface area contributed by atoms with Gasteiger partial charge in [0.1, 0.15) is 0 Å². The molecular weight excluding hydrogens is 246 g/mol. The molecule has 0 aliphatic rings. The Balaban J connectivity index is 3.68. The zero-order valence-electron chi connectivity index (χ0n) is 9.21. The second-order valence-electron chi connectivity index (χ2n) is 3.47. The number of oxime groups is 1. The summed E-state index contributed by atoms with van der Waals surface area (Å²) in [7, 11) is -3.52. The molecule has 0 saturated heterocycles. The average Bonchev–Trinajstić information content (AvgIpc) is 2.18. The third kappa shape index (κ3) is 2.62. The van der Waals surface area contributed by atoms with E-state index < -0.39 is 15.8 Å². The largest absolute Gasteiger partial charge is 0.478 e. The normalized spacial score (nSPS) is 11.9. The number of aromatic carboxylic acids is 1. The zero-order valence-corrected chi connectivity index (χ0v) is 10.0. The summed E-state index contributed by atoms with van der Waals surface area (Å²) in [4.78, 5) is 10.8. The van der Waals surface area contributed by atoms with Crippen molar-refractivity contribution >= 4 is 22.0 Å². The summed E-state index contributed by atoms with van der Waals surface area (Å²) in [6, 6.07) is 2.39. The number of carbonyl (C=O) groups is 1. The van der Waals surface area contributed by atoms with Crippen LogP contribution in [0, 0.1) is 6.92 Å². The van der Waals surface area contributed by atoms with Crippen LogP contribution in [0.3, 0.4) is 0 Å². The number of sulfone groups is 1. The van der Waals surface area contributed by atoms with Crippen LogP contribution in [-0.4, -0.2) is 37.2 Å². The summed E-state index contributed by atoms with van der Waals surface area (Å²) in [5.74, 6) is -1.17. The first kappa shape index (κ1) is 13.2. The maximum Gasteiger partial charge on any atom is 0.335 e. The molecule has 1 aromatic carbocycles. The molecule has 0 amide bonds. The van der Waals surface area contributed by atoms with Gasteiger partial charge in [0.15, 0.2) is 9.84 Å². The molecule has 2 N–H and O–H groups in total. The van der Waals surface area contributed by atoms with Crippen molar-refractivity contribution in [1.82, 2.24) is 0 Å². The average molecular weight is 257 g/mol. The van der Waals surface area contributed by atoms with Gasteiger partial charge in [-0.15, -0.1) is 0 Å². The molecule has 1 aromatic rings. The second-order valence-corrected chi connectivity index (χ2v) is 5.46. The quantitative estimate of drug-likeness (QED) is 0.475. The molecule has 1 rings (SSSR count). The van der Waals surface area contributed by atoms with Crippen molar-refractivity contribution in [3.63, 3.8) is 0 Å². The number of hydrogen-bond acceptors (Lipinski definition) is 5. The highest BCUT2D eigenvalue weighted by Gasteiger charge is 2.18. The Morgan fingerprint density at radius 3 is 2.41 bits per heavy atom. The van der Waals surface area contributed by atoms with Crippen LogP contribution in [0.2, 0.25) is 0 Å². The molecule has 0 bridgehead atoms. The van der Waals surface area contributed by atoms with Crippen molar-refractivity contribution in [3.8, 4) is 0 Å². The molecule has 0 atom stereocenters. The van der Waals surface area contributed by atoms with Gasteiger partial charge < -0.3 is 10.3 Å². The van der Waals surface area contributed by atoms with Gasteiger partial charge in [-0.1, -0.05) is 5.16 Å². The summed E-state index contributed by atoms with van der Waals surface area (Å²) in [5, 5.41) is 20.1. The number of carboxylic acids is 1. The molecule has 7 heteroatoms. The zero-order chi connectivity index (χ0) is 13.2. The molecule has 6 nitrogen and oxygen atoms in total. The minimum Gasteiger partial charge on any atom is -0.478 e. The van der Waals surface area contributed by atoms with Crippen molar-refractivity contribution in [2.24, 2.45) is 5.16 Å². The lowest BCUT2D eigenvalue weighted by Crippen LogP contribution is -2.09. The Morgan fingerprint density at radius 2 is 2.00 bits per heavy atom. The minimum absolute atomic E-state index is 0.0349. The molecule has 0 aliphatic carbocycles. The van der Waals surface area contributed by atoms with E-state index in [1.165, 1.54) is 19.1 Å². The highest BCUT2D eigenvalue weighted by Crippen LogP contribution is 2.21. The van der Waals surface area contributed by atoms with Crippen molar-refractivity contribution in [2.45, 2.75) is 11.8 Å². The second kappa shape index (κ2) is 4.54. The van der Waals surface area contributed by atoms with Crippen LogP contribution in [0.4, 0.5) is 0 Å². The first-order valence-electron chi connectivity index (χ1n) is 4.53. The van der Waals surface area contributed by atoms with E-state index in [4.69, 9.17) is 10.3 Å². The van der Waals surface area contributed by atoms with Gasteiger partial charge in [-0.2, -0.15) is 0 Å². The molecule has 0 spiro atoms. The van der Waals surface area contributed by atoms with Crippen LogP contribution in [-0.2, 0) is 9.84 Å². The van der Waals surface area contributed by atoms with E-state index in [2.05, 4.69) is 5.16 Å². The van der Waals surface area contributed by atoms with E-state index in [0.717, 1.165) is 12.5 Å². The molecule has 92 valence electrons. The molecule has 0 fully saturated rings. The van der Waals surface area contributed by atoms with Gasteiger partial charge in [0.2, 0.25) is 0 Å². The van der Waals surface area contributed by atoms with Gasteiger partial charge in [-0.25, -0.2) is 13.2 Å². The monoisotopic (exact) mass is 257 g/mol. The Kier molecular flexibility index (Phi) is 3.52. The predicted octanol–water partition coefficient (Wildman–Crippen LogP) is 0.905. The number of nitrogens with zero attached hydrogens (tertiary/aromatic N) is 1. The first-order chi connectivity index (χ1) is 7.79. The van der Waals surface area contributed by atoms with Gasteiger partial charge in [-0.3, -0.25) is 0 Å². The number of benzene rings is 1. The summed E-state index contributed by atoms with van der Waals surface area (Å²) >= 11 is 0. The molecule has 0 radical (unpaired) electrons. The Hall–Kier alpha value is -1.89. The molecule has 0 unspecified atom stereocenters. The molecule has 0 saturated carbocycles. The van der Waals surface area contributed by atoms with Gasteiger partial charge in [-0.05, 0) is 24.6 Å². The maximum atomic E-state index is 11.5. The molecule has 0 heterocycles. The van der Waals surface area contributed by atoms with Gasteiger partial charge in [0, 0.05) is 11.8 Å². The summed E-state index contributed by atoms with van der Waals surface area (Å²) < 4.78 is 22.9. The van der Waals surface area contributed by atoms with Crippen molar-refractivity contribution in [1.29, 1.82) is 0 Å². The fraction of sp³-hybridized carbons (Fsp3) is 0.200. The van der Waals surface area contributed by atoms with E-state index in [-0.39, 0.29) is 21.6 Å². The first-order valence-corrected chi connectivity index (χ1v) is 6.42. The molecular formula is C10H11NO5S. The number of carboxylic acid groups (broad SMARTS) is 1. The lowest BCUT2D eigenvalue weighted by atomic mass is 10.0. The third-order valence-electron chi connectivity index (χ3n) is 2.29. The fourth-order valence-electron chi connectivity index (χ4n) is 1.48. The fourth-order valence-corrected chi connectivity index (χ4v) is 2.40. The highest BCUT2D eigenvalue weighted by atomic mass is 32.2. The predicted molar refractivity (Wildman–Crippen MR) is 60.6 cm³/mol. The lowest BCUT2D eigenvalue weighted by Gasteiger charge is -2.09. The van der Waals surface area contributed by atoms with Crippen LogP contribution in [0.1, 0.15) is 21.5 Å². The van der Waals surface area contributed by atoms with Crippen LogP contribution < -0.4 is 0 Å². The van der Waals surface area contributed by atoms with Crippen molar-refractivity contribution in [3.05, 3.63) is 28.8 Å². The van der Waals surface area contributed by atoms with Gasteiger partial charge in [0.25, 0.3) is 0 Å². The SMILES string of the molecule is Cc1c(C(=O)O)ccc(S(C)(=O)=O)c1C=NO. The van der Waals surface area contributed by atoms with E-state index in [1.54, 1.807) is 0 Å². The number of hydrogen-bond donors (Lipinski definition) is 2. The molecule has 0 aromatic heterocycles. The van der Waals surface area contributed by atoms with Crippen LogP contribution in [0.5, 0.6) is 0 Å². The summed E-state index contributed by atoms with van der Waals surface area (Å²) in [6.45, 7) is 1.45. The van der Waals surface area contributed by atoms with E-state index in [1.807, 2.05) is 0 Å². The van der Waals surface area contributed by atoms with Crippen LogP contribution in [0.15, 0.2) is 22.2 Å². The van der Waals surface area contributed by atoms with Crippen molar-refractivity contribution in [2.75, 3.05) is 6.26 Å². The van der Waals surface area contributed by atoms with Crippen LogP contribution in [0.25, 0.3) is 0 Å². The van der Waals surface area contributed by atoms with Crippen LogP contribution >= 0.6 is 0 Å². The van der Waals surface area contributed by atoms with Crippen molar-refractivity contribution < 1.29 is 23.5 Å². The van der Waals surface area contributed by atoms with E-state index in [9.17, 15) is 13.2 Å². The van der Waals surface area contributed by atoms with E-state index in [0.29, 0.717) is 0 Å². The summed E-state index contributed by atoms with van der Waals surface area (Å²) in [6.07, 6.45) is 1.91. The maximum absolute atomic E-state index is 11.5. The molecule has 17 heavy (non-hydrogen) atoms. The highest BCUT2D eigenvalue weighted by molar-refractivity contribution is 7.90. The van der Waals surface area contributed by atoms with Gasteiger partial charge >= 0.3 is 5.97 Å².